The van der Waals surface area contributed by atoms with Gasteiger partial charge in [-0.3, -0.25) is 0 Å². The third-order valence-corrected chi connectivity index (χ3v) is 3.08. The van der Waals surface area contributed by atoms with E-state index in [4.69, 9.17) is 10.5 Å². The molecular weight excluding hydrogens is 368 g/mol. The zero-order valence-electron chi connectivity index (χ0n) is 5.74. The zero-order chi connectivity index (χ0) is 8.20. The van der Waals surface area contributed by atoms with Gasteiger partial charge in [-0.15, -0.1) is 0 Å². The van der Waals surface area contributed by atoms with Crippen LogP contribution in [0.15, 0.2) is 0 Å². The Morgan fingerprint density at radius 2 is 1.91 bits per heavy atom. The topological polar surface area (TPSA) is 47.6 Å². The van der Waals surface area contributed by atoms with Crippen molar-refractivity contribution in [2.24, 2.45) is 5.92 Å². The monoisotopic (exact) mass is 371 g/mol. The molecule has 0 aromatic carbocycles. The summed E-state index contributed by atoms with van der Waals surface area (Å²) in [6.45, 7) is 1.83. The summed E-state index contributed by atoms with van der Waals surface area (Å²) >= 11 is 6.30. The van der Waals surface area contributed by atoms with Crippen molar-refractivity contribution in [3.05, 3.63) is 0 Å². The molecule has 1 radical (unpaired) electrons. The number of nitriles is 2. The number of hydrogen-bond acceptors (Lipinski definition) is 2. The fourth-order valence-electron chi connectivity index (χ4n) is 0.375. The molecule has 0 bridgehead atoms. The summed E-state index contributed by atoms with van der Waals surface area (Å²) in [6.07, 6.45) is 0.365. The van der Waals surface area contributed by atoms with E-state index in [0.717, 1.165) is 0 Å². The van der Waals surface area contributed by atoms with Gasteiger partial charge in [0, 0.05) is 34.7 Å². The summed E-state index contributed by atoms with van der Waals surface area (Å²) in [5.74, 6) is -0.0116. The second-order valence-electron chi connectivity index (χ2n) is 2.00. The number of alkyl halides is 2. The third kappa shape index (κ3) is 5.00. The quantitative estimate of drug-likeness (QED) is 0.551. The van der Waals surface area contributed by atoms with E-state index in [9.17, 15) is 0 Å². The molecule has 0 aliphatic heterocycles. The molecule has 0 aromatic heterocycles. The van der Waals surface area contributed by atoms with Crippen molar-refractivity contribution in [3.63, 3.8) is 0 Å². The molecule has 0 aromatic rings. The van der Waals surface area contributed by atoms with Crippen LogP contribution >= 0.6 is 31.9 Å². The molecule has 0 saturated heterocycles. The minimum atomic E-state index is -0.740. The molecule has 0 fully saturated rings. The molecule has 0 saturated carbocycles. The summed E-state index contributed by atoms with van der Waals surface area (Å²) in [7, 11) is 0. The third-order valence-electron chi connectivity index (χ3n) is 1.17. The van der Waals surface area contributed by atoms with Crippen molar-refractivity contribution < 1.29 is 22.4 Å². The number of nitrogens with zero attached hydrogens (tertiary/aromatic N) is 2. The standard InChI is InChI=1S/C6H6Br2N2.Ag/c1-5(2-3-9)6(7,8)4-10;/h5H,2H2,1H3;. The predicted octanol–water partition coefficient (Wildman–Crippen LogP) is 2.54. The number of hydrogen-bond donors (Lipinski definition) is 0. The first kappa shape index (κ1) is 14.2. The minimum absolute atomic E-state index is 0. The maximum absolute atomic E-state index is 8.54. The molecule has 11 heavy (non-hydrogen) atoms. The second-order valence-corrected chi connectivity index (χ2v) is 5.56. The average molecular weight is 374 g/mol. The van der Waals surface area contributed by atoms with Gasteiger partial charge in [0.25, 0.3) is 0 Å². The van der Waals surface area contributed by atoms with Gasteiger partial charge in [-0.25, -0.2) is 0 Å². The van der Waals surface area contributed by atoms with Gasteiger partial charge >= 0.3 is 0 Å². The van der Waals surface area contributed by atoms with Gasteiger partial charge < -0.3 is 0 Å². The molecular formula is C6H6AgBr2N2. The van der Waals surface area contributed by atoms with Crippen molar-refractivity contribution >= 4 is 31.9 Å². The van der Waals surface area contributed by atoms with Crippen LogP contribution in [0, 0.1) is 28.6 Å². The zero-order valence-corrected chi connectivity index (χ0v) is 10.4. The average Bonchev–Trinajstić information content (AvgIpc) is 1.89. The van der Waals surface area contributed by atoms with Gasteiger partial charge in [0.15, 0.2) is 3.23 Å². The van der Waals surface area contributed by atoms with Gasteiger partial charge in [0.05, 0.1) is 12.1 Å². The molecule has 5 heteroatoms. The Morgan fingerprint density at radius 1 is 1.45 bits per heavy atom. The molecule has 0 heterocycles. The van der Waals surface area contributed by atoms with Crippen LogP contribution in [0.3, 0.4) is 0 Å². The Balaban J connectivity index is 0. The summed E-state index contributed by atoms with van der Waals surface area (Å²) in [6, 6.07) is 4.00. The van der Waals surface area contributed by atoms with Crippen LogP contribution in [-0.4, -0.2) is 3.23 Å². The molecule has 1 unspecified atom stereocenters. The first-order chi connectivity index (χ1) is 4.54. The fraction of sp³-hybridized carbons (Fsp3) is 0.667. The van der Waals surface area contributed by atoms with Crippen LogP contribution in [0.5, 0.6) is 0 Å². The molecule has 2 nitrogen and oxygen atoms in total. The van der Waals surface area contributed by atoms with E-state index in [0.29, 0.717) is 6.42 Å². The van der Waals surface area contributed by atoms with Gasteiger partial charge in [-0.05, 0) is 0 Å². The summed E-state index contributed by atoms with van der Waals surface area (Å²) in [5.41, 5.74) is 0. The van der Waals surface area contributed by atoms with E-state index in [1.54, 1.807) is 0 Å². The van der Waals surface area contributed by atoms with E-state index < -0.39 is 3.23 Å². The first-order valence-electron chi connectivity index (χ1n) is 2.70. The Labute approximate surface area is 98.7 Å². The Kier molecular flexibility index (Phi) is 8.05. The molecule has 0 rings (SSSR count). The van der Waals surface area contributed by atoms with Gasteiger partial charge in [0.2, 0.25) is 0 Å². The fourth-order valence-corrected chi connectivity index (χ4v) is 0.699. The van der Waals surface area contributed by atoms with Crippen molar-refractivity contribution in [2.45, 2.75) is 16.6 Å². The van der Waals surface area contributed by atoms with E-state index in [2.05, 4.69) is 31.9 Å². The second kappa shape index (κ2) is 6.22. The van der Waals surface area contributed by atoms with Gasteiger partial charge in [-0.1, -0.05) is 38.8 Å². The molecule has 65 valence electrons. The van der Waals surface area contributed by atoms with E-state index in [-0.39, 0.29) is 28.3 Å². The van der Waals surface area contributed by atoms with Crippen LogP contribution in [-0.2, 0) is 22.4 Å². The van der Waals surface area contributed by atoms with Crippen LogP contribution in [0.2, 0.25) is 0 Å². The summed E-state index contributed by atoms with van der Waals surface area (Å²) < 4.78 is -0.740. The Hall–Kier alpha value is 0.680. The molecule has 0 spiro atoms. The van der Waals surface area contributed by atoms with Crippen molar-refractivity contribution in [3.8, 4) is 12.1 Å². The molecule has 0 aliphatic rings. The molecule has 0 N–H and O–H groups in total. The van der Waals surface area contributed by atoms with Gasteiger partial charge in [-0.2, -0.15) is 10.5 Å². The summed E-state index contributed by atoms with van der Waals surface area (Å²) in [5, 5.41) is 16.8. The first-order valence-corrected chi connectivity index (χ1v) is 4.29. The van der Waals surface area contributed by atoms with Crippen molar-refractivity contribution in [2.75, 3.05) is 0 Å². The van der Waals surface area contributed by atoms with Crippen LogP contribution < -0.4 is 0 Å². The molecule has 0 amide bonds. The predicted molar refractivity (Wildman–Crippen MR) is 45.6 cm³/mol. The largest absolute Gasteiger partial charge is 0.198 e. The SMILES string of the molecule is CC(CC#N)C(Br)(Br)C#N.[Ag]. The summed E-state index contributed by atoms with van der Waals surface area (Å²) in [4.78, 5) is 0. The van der Waals surface area contributed by atoms with E-state index >= 15 is 0 Å². The Bertz CT molecular complexity index is 192. The minimum Gasteiger partial charge on any atom is -0.198 e. The smallest absolute Gasteiger partial charge is 0.169 e. The van der Waals surface area contributed by atoms with Gasteiger partial charge in [0.1, 0.15) is 0 Å². The van der Waals surface area contributed by atoms with Crippen molar-refractivity contribution in [1.29, 1.82) is 10.5 Å². The van der Waals surface area contributed by atoms with E-state index in [1.165, 1.54) is 0 Å². The number of halogens is 2. The number of rotatable bonds is 2. The Morgan fingerprint density at radius 3 is 2.18 bits per heavy atom. The van der Waals surface area contributed by atoms with Crippen LogP contribution in [0.25, 0.3) is 0 Å². The van der Waals surface area contributed by atoms with Crippen LogP contribution in [0.1, 0.15) is 13.3 Å². The maximum atomic E-state index is 8.54. The van der Waals surface area contributed by atoms with Crippen molar-refractivity contribution in [1.82, 2.24) is 0 Å². The van der Waals surface area contributed by atoms with E-state index in [1.807, 2.05) is 19.1 Å². The molecule has 0 aliphatic carbocycles. The molecule has 1 atom stereocenters. The van der Waals surface area contributed by atoms with Crippen LogP contribution in [0.4, 0.5) is 0 Å². The normalized spacial score (nSPS) is 12.1. The maximum Gasteiger partial charge on any atom is 0.169 e.